The summed E-state index contributed by atoms with van der Waals surface area (Å²) in [6, 6.07) is 6.33. The van der Waals surface area contributed by atoms with Crippen molar-refractivity contribution in [2.45, 2.75) is 25.8 Å². The van der Waals surface area contributed by atoms with Crippen molar-refractivity contribution in [2.75, 3.05) is 5.75 Å². The third-order valence-electron chi connectivity index (χ3n) is 3.64. The number of hydrogen-bond acceptors (Lipinski definition) is 6. The number of benzene rings is 1. The highest BCUT2D eigenvalue weighted by Crippen LogP contribution is 2.35. The Kier molecular flexibility index (Phi) is 4.37. The second-order valence-corrected chi connectivity index (χ2v) is 7.47. The number of phenolic OH excluding ortho intramolecular Hbond substituents is 1. The Morgan fingerprint density at radius 2 is 1.87 bits per heavy atom. The van der Waals surface area contributed by atoms with E-state index in [1.165, 1.54) is 34.3 Å². The Labute approximate surface area is 142 Å². The summed E-state index contributed by atoms with van der Waals surface area (Å²) in [5, 5.41) is 11.2. The van der Waals surface area contributed by atoms with E-state index in [1.54, 1.807) is 23.5 Å². The summed E-state index contributed by atoms with van der Waals surface area (Å²) in [5.74, 6) is 1.21. The number of Topliss-reactive ketones (excluding diaryl/α,β-unsaturated/α-hetero) is 1. The lowest BCUT2D eigenvalue weighted by Crippen LogP contribution is -2.03. The van der Waals surface area contributed by atoms with Crippen molar-refractivity contribution in [3.05, 3.63) is 46.1 Å². The molecule has 3 rings (SSSR count). The van der Waals surface area contributed by atoms with Crippen LogP contribution < -0.4 is 0 Å². The fourth-order valence-electron chi connectivity index (χ4n) is 2.28. The molecule has 6 heteroatoms. The third-order valence-corrected chi connectivity index (χ3v) is 5.71. The number of phenols is 1. The van der Waals surface area contributed by atoms with Crippen LogP contribution in [0.3, 0.4) is 0 Å². The molecule has 0 unspecified atom stereocenters. The Bertz CT molecular complexity index is 886. The molecule has 23 heavy (non-hydrogen) atoms. The van der Waals surface area contributed by atoms with Crippen LogP contribution in [0.5, 0.6) is 5.75 Å². The van der Waals surface area contributed by atoms with Gasteiger partial charge in [-0.15, -0.1) is 11.3 Å². The van der Waals surface area contributed by atoms with E-state index in [9.17, 15) is 9.90 Å². The molecule has 1 N–H and O–H groups in total. The van der Waals surface area contributed by atoms with Crippen LogP contribution >= 0.6 is 23.1 Å². The van der Waals surface area contributed by atoms with E-state index < -0.39 is 0 Å². The average Bonchev–Trinajstić information content (AvgIpc) is 2.79. The van der Waals surface area contributed by atoms with Crippen LogP contribution in [-0.4, -0.2) is 26.6 Å². The zero-order chi connectivity index (χ0) is 16.6. The smallest absolute Gasteiger partial charge is 0.173 e. The highest BCUT2D eigenvalue weighted by molar-refractivity contribution is 8.00. The predicted octanol–water partition coefficient (Wildman–Crippen LogP) is 4.30. The van der Waals surface area contributed by atoms with Crippen LogP contribution in [0.4, 0.5) is 0 Å². The molecule has 0 aliphatic carbocycles. The number of fused-ring (bicyclic) bond motifs is 1. The number of rotatable bonds is 4. The molecule has 0 saturated carbocycles. The first-order chi connectivity index (χ1) is 11.0. The molecule has 1 aromatic carbocycles. The van der Waals surface area contributed by atoms with E-state index in [0.29, 0.717) is 11.3 Å². The second kappa shape index (κ2) is 6.29. The second-order valence-electron chi connectivity index (χ2n) is 5.30. The van der Waals surface area contributed by atoms with E-state index in [2.05, 4.69) is 23.8 Å². The van der Waals surface area contributed by atoms with Gasteiger partial charge in [-0.3, -0.25) is 4.79 Å². The van der Waals surface area contributed by atoms with Gasteiger partial charge in [0.2, 0.25) is 0 Å². The van der Waals surface area contributed by atoms with Crippen molar-refractivity contribution in [3.63, 3.8) is 0 Å². The number of hydrogen-bond donors (Lipinski definition) is 1. The minimum atomic E-state index is 0.0176. The summed E-state index contributed by atoms with van der Waals surface area (Å²) in [4.78, 5) is 23.5. The van der Waals surface area contributed by atoms with Gasteiger partial charge in [-0.25, -0.2) is 9.97 Å². The van der Waals surface area contributed by atoms with Crippen LogP contribution in [0.1, 0.15) is 26.6 Å². The first kappa shape index (κ1) is 16.0. The minimum Gasteiger partial charge on any atom is -0.508 e. The number of aromatic hydroxyl groups is 1. The monoisotopic (exact) mass is 344 g/mol. The van der Waals surface area contributed by atoms with Gasteiger partial charge in [0, 0.05) is 15.8 Å². The zero-order valence-corrected chi connectivity index (χ0v) is 14.7. The topological polar surface area (TPSA) is 63.1 Å². The molecule has 0 spiro atoms. The van der Waals surface area contributed by atoms with Gasteiger partial charge in [-0.05, 0) is 50.6 Å². The highest BCUT2D eigenvalue weighted by atomic mass is 32.2. The Hall–Kier alpha value is -1.92. The highest BCUT2D eigenvalue weighted by Gasteiger charge is 2.15. The first-order valence-corrected chi connectivity index (χ1v) is 8.95. The number of nitrogens with zero attached hydrogens (tertiary/aromatic N) is 2. The summed E-state index contributed by atoms with van der Waals surface area (Å²) in [5.41, 5.74) is 1.78. The molecular formula is C17H16N2O2S2. The summed E-state index contributed by atoms with van der Waals surface area (Å²) in [6.45, 7) is 6.02. The molecule has 3 aromatic rings. The Morgan fingerprint density at radius 3 is 2.57 bits per heavy atom. The molecule has 0 aliphatic rings. The van der Waals surface area contributed by atoms with Gasteiger partial charge >= 0.3 is 0 Å². The van der Waals surface area contributed by atoms with Crippen LogP contribution in [0.25, 0.3) is 10.2 Å². The SMILES string of the molecule is Cc1nc(SCC(=O)c2ccc(O)cc2)c2c(C)c(C)sc2n1. The maximum absolute atomic E-state index is 12.3. The molecule has 0 bridgehead atoms. The molecule has 118 valence electrons. The van der Waals surface area contributed by atoms with Crippen molar-refractivity contribution in [1.82, 2.24) is 9.97 Å². The van der Waals surface area contributed by atoms with Gasteiger partial charge in [-0.2, -0.15) is 0 Å². The minimum absolute atomic E-state index is 0.0176. The molecule has 0 saturated heterocycles. The van der Waals surface area contributed by atoms with Gasteiger partial charge in [0.15, 0.2) is 5.78 Å². The van der Waals surface area contributed by atoms with Crippen molar-refractivity contribution in [2.24, 2.45) is 0 Å². The van der Waals surface area contributed by atoms with Gasteiger partial charge in [-0.1, -0.05) is 11.8 Å². The van der Waals surface area contributed by atoms with Crippen molar-refractivity contribution >= 4 is 39.1 Å². The number of aromatic nitrogens is 2. The fraction of sp³-hybridized carbons (Fsp3) is 0.235. The first-order valence-electron chi connectivity index (χ1n) is 7.15. The molecule has 0 fully saturated rings. The number of thiophene rings is 1. The summed E-state index contributed by atoms with van der Waals surface area (Å²) in [6.07, 6.45) is 0. The van der Waals surface area contributed by atoms with Crippen LogP contribution in [-0.2, 0) is 0 Å². The lowest BCUT2D eigenvalue weighted by atomic mass is 10.1. The third kappa shape index (κ3) is 3.23. The maximum Gasteiger partial charge on any atom is 0.173 e. The Morgan fingerprint density at radius 1 is 1.17 bits per heavy atom. The molecule has 4 nitrogen and oxygen atoms in total. The van der Waals surface area contributed by atoms with Gasteiger partial charge in [0.05, 0.1) is 5.75 Å². The van der Waals surface area contributed by atoms with Crippen molar-refractivity contribution in [3.8, 4) is 5.75 Å². The van der Waals surface area contributed by atoms with E-state index in [-0.39, 0.29) is 11.5 Å². The number of aryl methyl sites for hydroxylation is 3. The summed E-state index contributed by atoms with van der Waals surface area (Å²) >= 11 is 3.10. The van der Waals surface area contributed by atoms with Gasteiger partial charge < -0.3 is 5.11 Å². The molecule has 0 atom stereocenters. The van der Waals surface area contributed by atoms with E-state index in [4.69, 9.17) is 0 Å². The zero-order valence-electron chi connectivity index (χ0n) is 13.1. The van der Waals surface area contributed by atoms with Crippen LogP contribution in [0, 0.1) is 20.8 Å². The number of thioether (sulfide) groups is 1. The molecule has 0 radical (unpaired) electrons. The number of carbonyl (C=O) groups excluding carboxylic acids is 1. The van der Waals surface area contributed by atoms with Gasteiger partial charge in [0.25, 0.3) is 0 Å². The van der Waals surface area contributed by atoms with Crippen molar-refractivity contribution < 1.29 is 9.90 Å². The normalized spacial score (nSPS) is 11.1. The predicted molar refractivity (Wildman–Crippen MR) is 94.8 cm³/mol. The van der Waals surface area contributed by atoms with E-state index >= 15 is 0 Å². The number of carbonyl (C=O) groups is 1. The summed E-state index contributed by atoms with van der Waals surface area (Å²) < 4.78 is 0. The largest absolute Gasteiger partial charge is 0.508 e. The maximum atomic E-state index is 12.3. The molecule has 0 aliphatic heterocycles. The summed E-state index contributed by atoms with van der Waals surface area (Å²) in [7, 11) is 0. The number of ketones is 1. The average molecular weight is 344 g/mol. The Balaban J connectivity index is 1.87. The van der Waals surface area contributed by atoms with Crippen molar-refractivity contribution in [1.29, 1.82) is 0 Å². The van der Waals surface area contributed by atoms with E-state index in [1.807, 2.05) is 6.92 Å². The quantitative estimate of drug-likeness (QED) is 0.434. The van der Waals surface area contributed by atoms with Gasteiger partial charge in [0.1, 0.15) is 21.4 Å². The van der Waals surface area contributed by atoms with Crippen LogP contribution in [0.2, 0.25) is 0 Å². The fourth-order valence-corrected chi connectivity index (χ4v) is 4.45. The van der Waals surface area contributed by atoms with E-state index in [0.717, 1.165) is 21.1 Å². The molecule has 2 aromatic heterocycles. The van der Waals surface area contributed by atoms with Crippen LogP contribution in [0.15, 0.2) is 29.3 Å². The standard InChI is InChI=1S/C17H16N2O2S2/c1-9-10(2)23-17-15(9)16(18-11(3)19-17)22-8-14(21)12-4-6-13(20)7-5-12/h4-7,20H,8H2,1-3H3. The lowest BCUT2D eigenvalue weighted by Gasteiger charge is -2.05. The molecule has 2 heterocycles. The molecular weight excluding hydrogens is 328 g/mol. The lowest BCUT2D eigenvalue weighted by molar-refractivity contribution is 0.102. The molecule has 0 amide bonds.